The maximum Gasteiger partial charge on any atom is 0.328 e. The van der Waals surface area contributed by atoms with E-state index in [0.717, 1.165) is 38.2 Å². The molecular formula is C14H18N2O3S. The van der Waals surface area contributed by atoms with Crippen molar-refractivity contribution in [1.82, 2.24) is 9.80 Å². The lowest BCUT2D eigenvalue weighted by atomic mass is 10.3. The Kier molecular flexibility index (Phi) is 5.31. The first-order chi connectivity index (χ1) is 9.65. The summed E-state index contributed by atoms with van der Waals surface area (Å²) in [5.41, 5.74) is 0. The van der Waals surface area contributed by atoms with Gasteiger partial charge >= 0.3 is 5.97 Å². The molecule has 0 aromatic carbocycles. The molecule has 1 N–H and O–H groups in total. The molecule has 1 aliphatic rings. The second kappa shape index (κ2) is 7.21. The van der Waals surface area contributed by atoms with Gasteiger partial charge in [-0.3, -0.25) is 9.69 Å². The summed E-state index contributed by atoms with van der Waals surface area (Å²) in [5, 5.41) is 10.6. The van der Waals surface area contributed by atoms with E-state index in [9.17, 15) is 9.59 Å². The molecule has 1 saturated heterocycles. The second-order valence-electron chi connectivity index (χ2n) is 4.71. The van der Waals surface area contributed by atoms with Crippen molar-refractivity contribution in [3.63, 3.8) is 0 Å². The number of hydrogen-bond donors (Lipinski definition) is 1. The highest BCUT2D eigenvalue weighted by molar-refractivity contribution is 7.09. The van der Waals surface area contributed by atoms with E-state index < -0.39 is 5.97 Å². The van der Waals surface area contributed by atoms with E-state index in [1.807, 2.05) is 6.07 Å². The molecule has 0 spiro atoms. The number of carboxylic acids is 1. The summed E-state index contributed by atoms with van der Waals surface area (Å²) < 4.78 is 0. The number of carbonyl (C=O) groups is 2. The van der Waals surface area contributed by atoms with Crippen molar-refractivity contribution in [3.05, 3.63) is 34.5 Å². The Morgan fingerprint density at radius 2 is 2.10 bits per heavy atom. The van der Waals surface area contributed by atoms with Gasteiger partial charge in [0, 0.05) is 49.8 Å². The van der Waals surface area contributed by atoms with E-state index >= 15 is 0 Å². The summed E-state index contributed by atoms with van der Waals surface area (Å²) in [6.07, 6.45) is 2.95. The van der Waals surface area contributed by atoms with Crippen LogP contribution in [0.5, 0.6) is 0 Å². The van der Waals surface area contributed by atoms with Gasteiger partial charge in [-0.25, -0.2) is 4.79 Å². The van der Waals surface area contributed by atoms with Crippen LogP contribution in [0, 0.1) is 0 Å². The molecular weight excluding hydrogens is 276 g/mol. The quantitative estimate of drug-likeness (QED) is 0.853. The number of hydrogen-bond acceptors (Lipinski definition) is 4. The van der Waals surface area contributed by atoms with Crippen LogP contribution in [0.1, 0.15) is 11.3 Å². The van der Waals surface area contributed by atoms with Crippen LogP contribution in [-0.4, -0.2) is 53.0 Å². The molecule has 5 nitrogen and oxygen atoms in total. The highest BCUT2D eigenvalue weighted by Gasteiger charge is 2.17. The van der Waals surface area contributed by atoms with Crippen molar-refractivity contribution in [3.8, 4) is 0 Å². The minimum Gasteiger partial charge on any atom is -0.478 e. The molecule has 0 radical (unpaired) electrons. The third kappa shape index (κ3) is 4.47. The minimum atomic E-state index is -1.09. The fourth-order valence-electron chi connectivity index (χ4n) is 2.22. The third-order valence-corrected chi connectivity index (χ3v) is 4.09. The number of carbonyl (C=O) groups excluding carboxylic acids is 1. The second-order valence-corrected chi connectivity index (χ2v) is 5.74. The number of thiophene rings is 1. The van der Waals surface area contributed by atoms with Crippen LogP contribution in [0.4, 0.5) is 0 Å². The van der Waals surface area contributed by atoms with Gasteiger partial charge in [0.15, 0.2) is 0 Å². The molecule has 0 atom stereocenters. The first-order valence-electron chi connectivity index (χ1n) is 6.60. The van der Waals surface area contributed by atoms with Crippen molar-refractivity contribution in [1.29, 1.82) is 0 Å². The predicted octanol–water partition coefficient (Wildman–Crippen LogP) is 1.42. The fraction of sp³-hybridized carbons (Fsp3) is 0.429. The smallest absolute Gasteiger partial charge is 0.328 e. The zero-order chi connectivity index (χ0) is 14.4. The van der Waals surface area contributed by atoms with Crippen molar-refractivity contribution in [2.24, 2.45) is 0 Å². The fourth-order valence-corrected chi connectivity index (χ4v) is 2.97. The average molecular weight is 294 g/mol. The summed E-state index contributed by atoms with van der Waals surface area (Å²) in [5.74, 6) is -1.31. The van der Waals surface area contributed by atoms with Crippen LogP contribution < -0.4 is 0 Å². The summed E-state index contributed by atoms with van der Waals surface area (Å²) in [4.78, 5) is 27.6. The first kappa shape index (κ1) is 14.7. The minimum absolute atomic E-state index is 0.217. The van der Waals surface area contributed by atoms with Gasteiger partial charge in [-0.05, 0) is 17.9 Å². The average Bonchev–Trinajstić information content (AvgIpc) is 2.81. The van der Waals surface area contributed by atoms with Crippen LogP contribution in [0.15, 0.2) is 29.7 Å². The molecule has 1 fully saturated rings. The third-order valence-electron chi connectivity index (χ3n) is 3.23. The normalized spacial score (nSPS) is 17.3. The monoisotopic (exact) mass is 294 g/mol. The van der Waals surface area contributed by atoms with E-state index in [-0.39, 0.29) is 5.91 Å². The van der Waals surface area contributed by atoms with Crippen molar-refractivity contribution in [2.75, 3.05) is 26.2 Å². The molecule has 0 bridgehead atoms. The van der Waals surface area contributed by atoms with Crippen molar-refractivity contribution < 1.29 is 14.7 Å². The molecule has 0 saturated carbocycles. The largest absolute Gasteiger partial charge is 0.478 e. The van der Waals surface area contributed by atoms with E-state index in [1.165, 1.54) is 4.88 Å². The maximum absolute atomic E-state index is 11.8. The summed E-state index contributed by atoms with van der Waals surface area (Å²) >= 11 is 1.74. The zero-order valence-corrected chi connectivity index (χ0v) is 12.0. The standard InChI is InChI=1S/C14H18N2O3S/c17-13(4-5-14(18)19)16-7-2-6-15(8-9-16)11-12-3-1-10-20-12/h1,3-5,10H,2,6-9,11H2,(H,18,19)/b5-4+. The van der Waals surface area contributed by atoms with E-state index in [2.05, 4.69) is 16.3 Å². The highest BCUT2D eigenvalue weighted by Crippen LogP contribution is 2.13. The Morgan fingerprint density at radius 3 is 2.80 bits per heavy atom. The molecule has 2 heterocycles. The summed E-state index contributed by atoms with van der Waals surface area (Å²) in [6.45, 7) is 4.04. The first-order valence-corrected chi connectivity index (χ1v) is 7.48. The summed E-state index contributed by atoms with van der Waals surface area (Å²) in [6, 6.07) is 4.17. The highest BCUT2D eigenvalue weighted by atomic mass is 32.1. The van der Waals surface area contributed by atoms with E-state index in [4.69, 9.17) is 5.11 Å². The lowest BCUT2D eigenvalue weighted by molar-refractivity contribution is -0.132. The van der Waals surface area contributed by atoms with Gasteiger partial charge < -0.3 is 10.0 Å². The molecule has 1 amide bonds. The molecule has 0 unspecified atom stereocenters. The Balaban J connectivity index is 1.85. The van der Waals surface area contributed by atoms with Gasteiger partial charge in [0.25, 0.3) is 0 Å². The van der Waals surface area contributed by atoms with Crippen LogP contribution in [0.3, 0.4) is 0 Å². The van der Waals surface area contributed by atoms with Crippen LogP contribution >= 0.6 is 11.3 Å². The van der Waals surface area contributed by atoms with Crippen molar-refractivity contribution in [2.45, 2.75) is 13.0 Å². The van der Waals surface area contributed by atoms with Gasteiger partial charge in [0.1, 0.15) is 0 Å². The van der Waals surface area contributed by atoms with Crippen molar-refractivity contribution >= 4 is 23.2 Å². The predicted molar refractivity (Wildman–Crippen MR) is 77.6 cm³/mol. The Bertz CT molecular complexity index is 485. The van der Waals surface area contributed by atoms with Gasteiger partial charge in [-0.2, -0.15) is 0 Å². The van der Waals surface area contributed by atoms with Crippen LogP contribution in [0.2, 0.25) is 0 Å². The Hall–Kier alpha value is -1.66. The lowest BCUT2D eigenvalue weighted by Crippen LogP contribution is -2.34. The number of amides is 1. The lowest BCUT2D eigenvalue weighted by Gasteiger charge is -2.20. The molecule has 108 valence electrons. The number of nitrogens with zero attached hydrogens (tertiary/aromatic N) is 2. The summed E-state index contributed by atoms with van der Waals surface area (Å²) in [7, 11) is 0. The molecule has 6 heteroatoms. The van der Waals surface area contributed by atoms with Crippen LogP contribution in [0.25, 0.3) is 0 Å². The number of aliphatic carboxylic acids is 1. The van der Waals surface area contributed by atoms with Gasteiger partial charge in [-0.15, -0.1) is 11.3 Å². The Labute approximate surface area is 122 Å². The molecule has 0 aliphatic carbocycles. The van der Waals surface area contributed by atoms with Gasteiger partial charge in [0.2, 0.25) is 5.91 Å². The molecule has 1 aromatic rings. The molecule has 1 aliphatic heterocycles. The zero-order valence-electron chi connectivity index (χ0n) is 11.2. The molecule has 1 aromatic heterocycles. The SMILES string of the molecule is O=C(O)/C=C/C(=O)N1CCCN(Cc2cccs2)CC1. The number of carboxylic acid groups (broad SMARTS) is 1. The van der Waals surface area contributed by atoms with Gasteiger partial charge in [0.05, 0.1) is 0 Å². The maximum atomic E-state index is 11.8. The van der Waals surface area contributed by atoms with E-state index in [1.54, 1.807) is 16.2 Å². The molecule has 2 rings (SSSR count). The van der Waals surface area contributed by atoms with Gasteiger partial charge in [-0.1, -0.05) is 6.07 Å². The molecule has 20 heavy (non-hydrogen) atoms. The Morgan fingerprint density at radius 1 is 1.25 bits per heavy atom. The van der Waals surface area contributed by atoms with E-state index in [0.29, 0.717) is 13.1 Å². The van der Waals surface area contributed by atoms with Crippen LogP contribution in [-0.2, 0) is 16.1 Å². The number of rotatable bonds is 4. The topological polar surface area (TPSA) is 60.9 Å².